The Kier molecular flexibility index (Phi) is 5.46. The summed E-state index contributed by atoms with van der Waals surface area (Å²) in [6, 6.07) is 14.0. The van der Waals surface area contributed by atoms with Crippen molar-refractivity contribution in [3.05, 3.63) is 77.6 Å². The molecule has 1 atom stereocenters. The molecule has 7 nitrogen and oxygen atoms in total. The van der Waals surface area contributed by atoms with Crippen LogP contribution in [0.2, 0.25) is 0 Å². The largest absolute Gasteiger partial charge is 0.378 e. The van der Waals surface area contributed by atoms with Crippen molar-refractivity contribution in [3.63, 3.8) is 0 Å². The first-order valence-corrected chi connectivity index (χ1v) is 10.5. The van der Waals surface area contributed by atoms with E-state index in [1.54, 1.807) is 12.1 Å². The summed E-state index contributed by atoms with van der Waals surface area (Å²) in [4.78, 5) is 11.1. The van der Waals surface area contributed by atoms with Crippen LogP contribution < -0.4 is 10.6 Å². The van der Waals surface area contributed by atoms with Crippen LogP contribution in [0.5, 0.6) is 0 Å². The summed E-state index contributed by atoms with van der Waals surface area (Å²) in [5.41, 5.74) is 11.3. The Bertz CT molecular complexity index is 1260. The molecule has 0 radical (unpaired) electrons. The minimum atomic E-state index is -0.525. The number of hydrogen-bond acceptors (Lipinski definition) is 7. The molecule has 1 saturated heterocycles. The summed E-state index contributed by atoms with van der Waals surface area (Å²) in [6.45, 7) is 4.94. The van der Waals surface area contributed by atoms with Crippen LogP contribution in [0.15, 0.2) is 54.9 Å². The summed E-state index contributed by atoms with van der Waals surface area (Å²) in [7, 11) is 0. The molecule has 1 aliphatic rings. The molecule has 0 spiro atoms. The molecule has 5 rings (SSSR count). The van der Waals surface area contributed by atoms with Crippen molar-refractivity contribution in [1.29, 1.82) is 0 Å². The van der Waals surface area contributed by atoms with Gasteiger partial charge in [0.15, 0.2) is 0 Å². The molecule has 32 heavy (non-hydrogen) atoms. The molecule has 1 fully saturated rings. The lowest BCUT2D eigenvalue weighted by Crippen LogP contribution is -2.36. The lowest BCUT2D eigenvalue weighted by atomic mass is 9.98. The van der Waals surface area contributed by atoms with Gasteiger partial charge in [-0.3, -0.25) is 0 Å². The van der Waals surface area contributed by atoms with Gasteiger partial charge >= 0.3 is 0 Å². The third kappa shape index (κ3) is 3.90. The van der Waals surface area contributed by atoms with Crippen molar-refractivity contribution < 1.29 is 9.13 Å². The number of fused-ring (bicyclic) bond motifs is 1. The van der Waals surface area contributed by atoms with Gasteiger partial charge < -0.3 is 15.4 Å². The second kappa shape index (κ2) is 8.57. The maximum absolute atomic E-state index is 14.9. The zero-order chi connectivity index (χ0) is 22.1. The molecule has 0 amide bonds. The summed E-state index contributed by atoms with van der Waals surface area (Å²) in [6.07, 6.45) is 1.47. The minimum Gasteiger partial charge on any atom is -0.378 e. The van der Waals surface area contributed by atoms with Gasteiger partial charge in [-0.25, -0.2) is 14.4 Å². The van der Waals surface area contributed by atoms with Gasteiger partial charge in [-0.2, -0.15) is 10.2 Å². The van der Waals surface area contributed by atoms with Crippen LogP contribution in [0, 0.1) is 12.7 Å². The van der Waals surface area contributed by atoms with Crippen molar-refractivity contribution in [2.24, 2.45) is 5.73 Å². The van der Waals surface area contributed by atoms with E-state index in [9.17, 15) is 4.39 Å². The van der Waals surface area contributed by atoms with Crippen LogP contribution in [-0.2, 0) is 4.74 Å². The van der Waals surface area contributed by atoms with E-state index in [4.69, 9.17) is 10.5 Å². The van der Waals surface area contributed by atoms with Gasteiger partial charge in [-0.05, 0) is 55.0 Å². The number of ether oxygens (including phenoxy) is 1. The number of nitrogens with zero attached hydrogens (tertiary/aromatic N) is 5. The smallest absolute Gasteiger partial charge is 0.132 e. The van der Waals surface area contributed by atoms with Crippen LogP contribution in [0.25, 0.3) is 22.2 Å². The normalized spacial score (nSPS) is 15.2. The Hall–Kier alpha value is -3.49. The summed E-state index contributed by atoms with van der Waals surface area (Å²) < 4.78 is 20.4. The summed E-state index contributed by atoms with van der Waals surface area (Å²) in [5, 5.41) is 9.03. The molecule has 0 saturated carbocycles. The van der Waals surface area contributed by atoms with Gasteiger partial charge in [0.1, 0.15) is 12.1 Å². The molecule has 2 aromatic carbocycles. The highest BCUT2D eigenvalue weighted by atomic mass is 19.1. The fraction of sp³-hybridized carbons (Fsp3) is 0.250. The third-order valence-electron chi connectivity index (χ3n) is 5.74. The van der Waals surface area contributed by atoms with Crippen molar-refractivity contribution in [2.45, 2.75) is 13.0 Å². The molecular weight excluding hydrogens is 407 g/mol. The van der Waals surface area contributed by atoms with Crippen molar-refractivity contribution >= 4 is 16.6 Å². The van der Waals surface area contributed by atoms with E-state index >= 15 is 0 Å². The van der Waals surface area contributed by atoms with E-state index in [-0.39, 0.29) is 5.82 Å². The molecule has 4 aromatic rings. The Labute approximate surface area is 185 Å². The molecule has 3 heterocycles. The number of benzene rings is 2. The van der Waals surface area contributed by atoms with Crippen LogP contribution in [0.4, 0.5) is 10.1 Å². The Morgan fingerprint density at radius 1 is 1.00 bits per heavy atom. The Balaban J connectivity index is 1.54. The SMILES string of the molecule is Cc1ccc(C(N)c2ccc(F)c(-c3ncnc4cc(N5CCOCC5)ccc34)c2)nn1. The summed E-state index contributed by atoms with van der Waals surface area (Å²) >= 11 is 0. The highest BCUT2D eigenvalue weighted by Gasteiger charge is 2.18. The molecule has 162 valence electrons. The molecule has 0 bridgehead atoms. The molecule has 2 N–H and O–H groups in total. The molecule has 1 aliphatic heterocycles. The minimum absolute atomic E-state index is 0.367. The zero-order valence-corrected chi connectivity index (χ0v) is 17.7. The number of morpholine rings is 1. The monoisotopic (exact) mass is 430 g/mol. The second-order valence-corrected chi connectivity index (χ2v) is 7.84. The number of rotatable bonds is 4. The fourth-order valence-electron chi connectivity index (χ4n) is 3.94. The third-order valence-corrected chi connectivity index (χ3v) is 5.74. The van der Waals surface area contributed by atoms with E-state index in [2.05, 4.69) is 25.1 Å². The maximum atomic E-state index is 14.9. The van der Waals surface area contributed by atoms with Gasteiger partial charge in [0.05, 0.1) is 41.9 Å². The van der Waals surface area contributed by atoms with E-state index in [1.165, 1.54) is 12.4 Å². The molecule has 2 aromatic heterocycles. The average Bonchev–Trinajstić information content (AvgIpc) is 2.84. The van der Waals surface area contributed by atoms with Crippen LogP contribution in [0.1, 0.15) is 23.0 Å². The first-order chi connectivity index (χ1) is 15.6. The molecule has 8 heteroatoms. The van der Waals surface area contributed by atoms with E-state index < -0.39 is 6.04 Å². The first kappa shape index (κ1) is 20.4. The van der Waals surface area contributed by atoms with Crippen molar-refractivity contribution in [3.8, 4) is 11.3 Å². The predicted octanol–water partition coefficient (Wildman–Crippen LogP) is 3.42. The number of anilines is 1. The Morgan fingerprint density at radius 2 is 1.84 bits per heavy atom. The van der Waals surface area contributed by atoms with E-state index in [1.807, 2.05) is 37.3 Å². The predicted molar refractivity (Wildman–Crippen MR) is 121 cm³/mol. The number of hydrogen-bond donors (Lipinski definition) is 1. The van der Waals surface area contributed by atoms with E-state index in [0.717, 1.165) is 40.9 Å². The quantitative estimate of drug-likeness (QED) is 0.531. The van der Waals surface area contributed by atoms with Crippen LogP contribution >= 0.6 is 0 Å². The second-order valence-electron chi connectivity index (χ2n) is 7.84. The lowest BCUT2D eigenvalue weighted by Gasteiger charge is -2.29. The average molecular weight is 430 g/mol. The van der Waals surface area contributed by atoms with Gasteiger partial charge in [-0.15, -0.1) is 0 Å². The summed E-state index contributed by atoms with van der Waals surface area (Å²) in [5.74, 6) is -0.367. The number of halogens is 1. The highest BCUT2D eigenvalue weighted by molar-refractivity contribution is 5.94. The van der Waals surface area contributed by atoms with Gasteiger partial charge in [0.2, 0.25) is 0 Å². The lowest BCUT2D eigenvalue weighted by molar-refractivity contribution is 0.122. The van der Waals surface area contributed by atoms with Gasteiger partial charge in [-0.1, -0.05) is 6.07 Å². The number of aromatic nitrogens is 4. The van der Waals surface area contributed by atoms with Crippen molar-refractivity contribution in [2.75, 3.05) is 31.2 Å². The molecule has 0 aliphatic carbocycles. The highest BCUT2D eigenvalue weighted by Crippen LogP contribution is 2.32. The zero-order valence-electron chi connectivity index (χ0n) is 17.7. The fourth-order valence-corrected chi connectivity index (χ4v) is 3.94. The van der Waals surface area contributed by atoms with Gasteiger partial charge in [0, 0.05) is 29.7 Å². The Morgan fingerprint density at radius 3 is 2.62 bits per heavy atom. The molecular formula is C24H23FN6O. The van der Waals surface area contributed by atoms with Crippen molar-refractivity contribution in [1.82, 2.24) is 20.2 Å². The standard InChI is InChI=1S/C24H23FN6O/c1-15-2-7-21(30-29-15)23(26)16-3-6-20(25)19(12-16)24-18-5-4-17(13-22(18)27-14-28-24)31-8-10-32-11-9-31/h2-7,12-14,23H,8-11,26H2,1H3. The topological polar surface area (TPSA) is 90.0 Å². The van der Waals surface area contributed by atoms with E-state index in [0.29, 0.717) is 30.2 Å². The van der Waals surface area contributed by atoms with Crippen LogP contribution in [-0.4, -0.2) is 46.5 Å². The van der Waals surface area contributed by atoms with Crippen LogP contribution in [0.3, 0.4) is 0 Å². The number of nitrogens with two attached hydrogens (primary N) is 1. The van der Waals surface area contributed by atoms with Gasteiger partial charge in [0.25, 0.3) is 0 Å². The first-order valence-electron chi connectivity index (χ1n) is 10.5. The maximum Gasteiger partial charge on any atom is 0.132 e. The molecule has 1 unspecified atom stereocenters. The number of aryl methyl sites for hydroxylation is 1.